The Bertz CT molecular complexity index is 2600. The second kappa shape index (κ2) is 25.5. The van der Waals surface area contributed by atoms with Crippen LogP contribution in [0.3, 0.4) is 0 Å². The smallest absolute Gasteiger partial charge is 0.350 e. The van der Waals surface area contributed by atoms with E-state index < -0.39 is 11.5 Å². The predicted octanol–water partition coefficient (Wildman–Crippen LogP) is 9.71. The molecule has 0 spiro atoms. The maximum absolute atomic E-state index is 12.8. The van der Waals surface area contributed by atoms with Crippen LogP contribution in [0.25, 0.3) is 10.2 Å². The van der Waals surface area contributed by atoms with Crippen LogP contribution in [-0.2, 0) is 33.2 Å². The number of alkyl halides is 1. The number of aromatic nitrogens is 1. The van der Waals surface area contributed by atoms with Gasteiger partial charge in [0.2, 0.25) is 0 Å². The van der Waals surface area contributed by atoms with E-state index in [4.69, 9.17) is 41.0 Å². The summed E-state index contributed by atoms with van der Waals surface area (Å²) in [4.78, 5) is 48.4. The van der Waals surface area contributed by atoms with Crippen LogP contribution in [-0.4, -0.2) is 69.7 Å². The van der Waals surface area contributed by atoms with Crippen molar-refractivity contribution in [3.05, 3.63) is 149 Å². The number of esters is 3. The predicted molar refractivity (Wildman–Crippen MR) is 254 cm³/mol. The lowest BCUT2D eigenvalue weighted by Gasteiger charge is -2.12. The Balaban J connectivity index is 0.000000202. The number of aromatic hydroxyl groups is 1. The number of hydrogen-bond donors (Lipinski definition) is 3. The fourth-order valence-corrected chi connectivity index (χ4v) is 8.09. The average molecular weight is 951 g/mol. The quantitative estimate of drug-likeness (QED) is 0.0564. The van der Waals surface area contributed by atoms with Gasteiger partial charge in [0.15, 0.2) is 11.3 Å². The number of rotatable bonds is 13. The Kier molecular flexibility index (Phi) is 20.0. The number of anilines is 2. The highest BCUT2D eigenvalue weighted by Crippen LogP contribution is 2.32. The molecule has 338 valence electrons. The van der Waals surface area contributed by atoms with Crippen LogP contribution < -0.4 is 30.8 Å². The van der Waals surface area contributed by atoms with E-state index in [9.17, 15) is 24.3 Å². The molecule has 0 fully saturated rings. The number of carbonyl (C=O) groups is 3. The first-order chi connectivity index (χ1) is 30.9. The number of benzene rings is 3. The summed E-state index contributed by atoms with van der Waals surface area (Å²) < 4.78 is 31.3. The second-order valence-corrected chi connectivity index (χ2v) is 15.9. The monoisotopic (exact) mass is 949 g/mol. The Labute approximate surface area is 387 Å². The molecule has 4 aromatic heterocycles. The third-order valence-corrected chi connectivity index (χ3v) is 11.9. The van der Waals surface area contributed by atoms with Gasteiger partial charge in [0, 0.05) is 12.4 Å². The van der Waals surface area contributed by atoms with Gasteiger partial charge in [-0.2, -0.15) is 0 Å². The van der Waals surface area contributed by atoms with E-state index in [2.05, 4.69) is 10.1 Å². The Morgan fingerprint density at radius 2 is 1.17 bits per heavy atom. The van der Waals surface area contributed by atoms with E-state index in [1.54, 1.807) is 63.3 Å². The van der Waals surface area contributed by atoms with Crippen LogP contribution in [0.15, 0.2) is 112 Å². The largest absolute Gasteiger partial charge is 0.505 e. The van der Waals surface area contributed by atoms with Crippen molar-refractivity contribution in [2.24, 2.45) is 0 Å². The van der Waals surface area contributed by atoms with Gasteiger partial charge >= 0.3 is 17.9 Å². The number of ether oxygens (including phenoxy) is 6. The minimum absolute atomic E-state index is 0.124. The molecule has 0 saturated carbocycles. The molecule has 4 heterocycles. The molecule has 0 amide bonds. The van der Waals surface area contributed by atoms with E-state index in [0.717, 1.165) is 39.6 Å². The number of thiophene rings is 3. The van der Waals surface area contributed by atoms with E-state index in [1.807, 2.05) is 72.1 Å². The highest BCUT2D eigenvalue weighted by Gasteiger charge is 2.24. The minimum atomic E-state index is -0.816. The van der Waals surface area contributed by atoms with Gasteiger partial charge < -0.3 is 49.1 Å². The zero-order valence-electron chi connectivity index (χ0n) is 35.9. The number of carbonyl (C=O) groups excluding carboxylic acids is 3. The number of nitrogens with two attached hydrogens (primary N) is 1. The number of hydrogen-bond acceptors (Lipinski definition) is 16. The summed E-state index contributed by atoms with van der Waals surface area (Å²) in [5.41, 5.74) is 9.49. The van der Waals surface area contributed by atoms with E-state index in [0.29, 0.717) is 38.1 Å². The second-order valence-electron chi connectivity index (χ2n) is 12.9. The average Bonchev–Trinajstić information content (AvgIpc) is 4.12. The molecule has 0 aliphatic carbocycles. The fourth-order valence-electron chi connectivity index (χ4n) is 5.54. The molecule has 7 rings (SSSR count). The van der Waals surface area contributed by atoms with Crippen molar-refractivity contribution >= 4 is 85.1 Å². The van der Waals surface area contributed by atoms with E-state index in [-0.39, 0.29) is 36.4 Å². The van der Waals surface area contributed by atoms with Crippen molar-refractivity contribution in [1.82, 2.24) is 4.57 Å². The van der Waals surface area contributed by atoms with Crippen molar-refractivity contribution in [3.63, 3.8) is 0 Å². The number of nitrogens with zero attached hydrogens (tertiary/aromatic N) is 1. The van der Waals surface area contributed by atoms with Crippen LogP contribution in [0.2, 0.25) is 0 Å². The number of fused-ring (bicyclic) bond motifs is 1. The number of methoxy groups -OCH3 is 5. The molecule has 14 nitrogen and oxygen atoms in total. The van der Waals surface area contributed by atoms with Gasteiger partial charge in [0.1, 0.15) is 27.0 Å². The lowest BCUT2D eigenvalue weighted by atomic mass is 10.2. The van der Waals surface area contributed by atoms with Crippen LogP contribution in [0, 0.1) is 0 Å². The van der Waals surface area contributed by atoms with Gasteiger partial charge in [0.25, 0.3) is 5.56 Å². The summed E-state index contributed by atoms with van der Waals surface area (Å²) in [6, 6.07) is 28.1. The summed E-state index contributed by atoms with van der Waals surface area (Å²) in [5, 5.41) is 19.0. The number of nitrogens with one attached hydrogen (secondary N) is 1. The number of nitrogen functional groups attached to an aromatic ring is 1. The summed E-state index contributed by atoms with van der Waals surface area (Å²) in [5.74, 6) is 1.16. The highest BCUT2D eigenvalue weighted by atomic mass is 35.5. The fraction of sp³-hybridized carbons (Fsp3) is 0.217. The molecule has 64 heavy (non-hydrogen) atoms. The molecule has 3 aromatic carbocycles. The molecule has 0 atom stereocenters. The molecule has 0 saturated heterocycles. The molecule has 0 bridgehead atoms. The zero-order chi connectivity index (χ0) is 46.6. The molecule has 0 aliphatic rings. The Morgan fingerprint density at radius 3 is 1.67 bits per heavy atom. The van der Waals surface area contributed by atoms with Crippen molar-refractivity contribution in [3.8, 4) is 23.0 Å². The van der Waals surface area contributed by atoms with E-state index >= 15 is 0 Å². The van der Waals surface area contributed by atoms with Gasteiger partial charge in [0.05, 0.1) is 70.3 Å². The van der Waals surface area contributed by atoms with Gasteiger partial charge in [-0.15, -0.1) is 45.6 Å². The molecule has 0 unspecified atom stereocenters. The van der Waals surface area contributed by atoms with Crippen LogP contribution in [0.4, 0.5) is 11.4 Å². The third kappa shape index (κ3) is 13.7. The topological polar surface area (TPSA) is 187 Å². The maximum atomic E-state index is 12.8. The number of halogens is 1. The minimum Gasteiger partial charge on any atom is -0.505 e. The Morgan fingerprint density at radius 1 is 0.672 bits per heavy atom. The van der Waals surface area contributed by atoms with Crippen molar-refractivity contribution in [2.45, 2.75) is 25.9 Å². The van der Waals surface area contributed by atoms with Crippen LogP contribution in [0.1, 0.15) is 53.3 Å². The molecular formula is C46H48ClN3O11S3. The maximum Gasteiger partial charge on any atom is 0.350 e. The van der Waals surface area contributed by atoms with Crippen molar-refractivity contribution in [2.75, 3.05) is 53.2 Å². The molecular weight excluding hydrogens is 902 g/mol. The third-order valence-electron chi connectivity index (χ3n) is 8.88. The first-order valence-corrected chi connectivity index (χ1v) is 22.4. The molecule has 4 N–H and O–H groups in total. The van der Waals surface area contributed by atoms with Crippen LogP contribution in [0.5, 0.6) is 23.0 Å². The lowest BCUT2D eigenvalue weighted by molar-refractivity contribution is 0.0518. The summed E-state index contributed by atoms with van der Waals surface area (Å²) in [6.45, 7) is 2.68. The first-order valence-electron chi connectivity index (χ1n) is 19.2. The standard InChI is InChI=1S/C18H17NO5S.C14H15NO3S.C8H9ClO.C6H7NO2S/c1-3-24-18(22)14-15(20)16-13(8-9-25-16)19(17(14)21)10-11-4-6-12(23-2)7-5-11;1-17-11-5-3-10(4-6-11)9-15-12-7-8-19-13(12)14(16)18-2;1-10-8-4-2-7(6-9)3-5-8;1-9-6(8)5-4(7)2-3-10-5/h4-9,20H,3,10H2,1-2H3;3-8,15H,9H2,1-2H3;2-5H,6H2,1H3;2-3H,7H2,1H3. The molecule has 18 heteroatoms. The molecule has 0 aliphatic heterocycles. The molecule has 7 aromatic rings. The van der Waals surface area contributed by atoms with Crippen molar-refractivity contribution < 1.29 is 47.9 Å². The van der Waals surface area contributed by atoms with Gasteiger partial charge in [-0.3, -0.25) is 4.79 Å². The van der Waals surface area contributed by atoms with Gasteiger partial charge in [-0.05, 0) is 94.4 Å². The zero-order valence-corrected chi connectivity index (χ0v) is 39.1. The van der Waals surface area contributed by atoms with Crippen molar-refractivity contribution in [1.29, 1.82) is 0 Å². The summed E-state index contributed by atoms with van der Waals surface area (Å²) >= 11 is 9.50. The summed E-state index contributed by atoms with van der Waals surface area (Å²) in [6.07, 6.45) is 0. The first kappa shape index (κ1) is 50.1. The number of pyridine rings is 1. The lowest BCUT2D eigenvalue weighted by Crippen LogP contribution is -2.28. The van der Waals surface area contributed by atoms with E-state index in [1.165, 1.54) is 52.8 Å². The molecule has 0 radical (unpaired) electrons. The normalized spacial score (nSPS) is 10.1. The SMILES string of the molecule is CCOC(=O)c1c(O)c2sccc2n(Cc2ccc(OC)cc2)c1=O.COC(=O)c1sccc1N.COC(=O)c1sccc1NCc1ccc(OC)cc1.COc1ccc(CCl)cc1. The van der Waals surface area contributed by atoms with Gasteiger partial charge in [-0.1, -0.05) is 36.4 Å². The van der Waals surface area contributed by atoms with Crippen LogP contribution >= 0.6 is 45.6 Å². The highest BCUT2D eigenvalue weighted by molar-refractivity contribution is 7.17. The summed E-state index contributed by atoms with van der Waals surface area (Å²) in [7, 11) is 7.59. The van der Waals surface area contributed by atoms with Gasteiger partial charge in [-0.25, -0.2) is 14.4 Å². The Hall–Kier alpha value is -6.53.